The number of H-pyrrole nitrogens is 1. The van der Waals surface area contributed by atoms with Crippen LogP contribution in [0.2, 0.25) is 0 Å². The van der Waals surface area contributed by atoms with Gasteiger partial charge >= 0.3 is 0 Å². The molecule has 0 bridgehead atoms. The smallest absolute Gasteiger partial charge is 0.268 e. The Morgan fingerprint density at radius 2 is 1.95 bits per heavy atom. The number of aromatic nitrogens is 1. The van der Waals surface area contributed by atoms with Crippen LogP contribution in [0.25, 0.3) is 11.1 Å². The van der Waals surface area contributed by atoms with Crippen LogP contribution in [0.1, 0.15) is 11.1 Å². The Morgan fingerprint density at radius 1 is 1.32 bits per heavy atom. The van der Waals surface area contributed by atoms with Crippen molar-refractivity contribution < 1.29 is 9.84 Å². The van der Waals surface area contributed by atoms with Gasteiger partial charge in [-0.3, -0.25) is 4.79 Å². The number of hydrogen-bond donors (Lipinski definition) is 3. The summed E-state index contributed by atoms with van der Waals surface area (Å²) < 4.78 is 5.34. The first-order valence-corrected chi connectivity index (χ1v) is 6.95. The second-order valence-corrected chi connectivity index (χ2v) is 5.27. The first-order chi connectivity index (χ1) is 10.5. The zero-order chi connectivity index (χ0) is 16.4. The Labute approximate surface area is 138 Å². The lowest BCUT2D eigenvalue weighted by molar-refractivity contribution is 0.372. The summed E-state index contributed by atoms with van der Waals surface area (Å²) in [6, 6.07) is 6.68. The van der Waals surface area contributed by atoms with Crippen LogP contribution in [0, 0.1) is 26.2 Å². The zero-order valence-corrected chi connectivity index (χ0v) is 13.4. The fourth-order valence-electron chi connectivity index (χ4n) is 2.02. The van der Waals surface area contributed by atoms with E-state index in [4.69, 9.17) is 10.5 Å². The van der Waals surface area contributed by atoms with Gasteiger partial charge in [0.15, 0.2) is 11.5 Å². The number of anilines is 1. The van der Waals surface area contributed by atoms with Crippen molar-refractivity contribution in [3.63, 3.8) is 0 Å². The summed E-state index contributed by atoms with van der Waals surface area (Å²) in [7, 11) is 1.40. The molecule has 0 atom stereocenters. The quantitative estimate of drug-likeness (QED) is 0.647. The number of aromatic hydroxyl groups is 1. The van der Waals surface area contributed by atoms with E-state index < -0.39 is 5.56 Å². The second kappa shape index (κ2) is 5.95. The van der Waals surface area contributed by atoms with Crippen LogP contribution >= 0.6 is 22.6 Å². The van der Waals surface area contributed by atoms with E-state index in [1.54, 1.807) is 12.1 Å². The molecule has 22 heavy (non-hydrogen) atoms. The maximum absolute atomic E-state index is 11.9. The number of rotatable bonds is 2. The van der Waals surface area contributed by atoms with Gasteiger partial charge in [0.25, 0.3) is 5.56 Å². The molecular formula is C14H9IN4O3. The highest BCUT2D eigenvalue weighted by Gasteiger charge is 2.22. The average molecular weight is 408 g/mol. The molecule has 0 saturated heterocycles. The van der Waals surface area contributed by atoms with Gasteiger partial charge in [-0.15, -0.1) is 0 Å². The van der Waals surface area contributed by atoms with E-state index in [1.165, 1.54) is 13.2 Å². The fourth-order valence-corrected chi connectivity index (χ4v) is 2.73. The summed E-state index contributed by atoms with van der Waals surface area (Å²) in [5, 5.41) is 28.6. The van der Waals surface area contributed by atoms with E-state index in [1.807, 2.05) is 28.7 Å². The summed E-state index contributed by atoms with van der Waals surface area (Å²) in [6.45, 7) is 0. The van der Waals surface area contributed by atoms with Crippen LogP contribution in [0.4, 0.5) is 5.82 Å². The van der Waals surface area contributed by atoms with E-state index in [0.29, 0.717) is 9.13 Å². The molecule has 0 radical (unpaired) electrons. The highest BCUT2D eigenvalue weighted by molar-refractivity contribution is 14.1. The van der Waals surface area contributed by atoms with Gasteiger partial charge in [0.2, 0.25) is 0 Å². The van der Waals surface area contributed by atoms with Crippen LogP contribution in [-0.4, -0.2) is 17.2 Å². The van der Waals surface area contributed by atoms with Gasteiger partial charge in [0.05, 0.1) is 10.7 Å². The predicted octanol–water partition coefficient (Wildman–Crippen LogP) is 1.69. The third-order valence-electron chi connectivity index (χ3n) is 3.04. The molecule has 0 saturated carbocycles. The Balaban J connectivity index is 2.96. The topological polar surface area (TPSA) is 136 Å². The number of halogens is 1. The van der Waals surface area contributed by atoms with Crippen molar-refractivity contribution >= 4 is 28.4 Å². The molecule has 0 aliphatic heterocycles. The number of nitrogens with zero attached hydrogens (tertiary/aromatic N) is 2. The van der Waals surface area contributed by atoms with Crippen LogP contribution in [0.3, 0.4) is 0 Å². The molecule has 0 unspecified atom stereocenters. The van der Waals surface area contributed by atoms with E-state index in [2.05, 4.69) is 4.98 Å². The lowest BCUT2D eigenvalue weighted by Crippen LogP contribution is -2.16. The number of benzene rings is 1. The molecule has 1 aromatic heterocycles. The van der Waals surface area contributed by atoms with Crippen molar-refractivity contribution in [2.45, 2.75) is 0 Å². The molecule has 7 nitrogen and oxygen atoms in total. The van der Waals surface area contributed by atoms with Gasteiger partial charge in [-0.05, 0) is 34.7 Å². The minimum Gasteiger partial charge on any atom is -0.504 e. The number of ether oxygens (including phenoxy) is 1. The van der Waals surface area contributed by atoms with Crippen LogP contribution < -0.4 is 16.0 Å². The molecule has 1 heterocycles. The van der Waals surface area contributed by atoms with Crippen molar-refractivity contribution in [2.75, 3.05) is 12.8 Å². The van der Waals surface area contributed by atoms with Gasteiger partial charge in [-0.1, -0.05) is 0 Å². The summed E-state index contributed by atoms with van der Waals surface area (Å²) in [4.78, 5) is 14.2. The predicted molar refractivity (Wildman–Crippen MR) is 87.3 cm³/mol. The molecule has 8 heteroatoms. The van der Waals surface area contributed by atoms with E-state index in [-0.39, 0.29) is 34.0 Å². The standard InChI is InChI=1S/C14H9IN4O3/c1-22-9-3-2-6(11(15)12(9)20)10-7(4-16)13(18)19-14(21)8(10)5-17/h2-3,20H,1H3,(H3,18,19,21). The van der Waals surface area contributed by atoms with Gasteiger partial charge in [-0.25, -0.2) is 0 Å². The highest BCUT2D eigenvalue weighted by atomic mass is 127. The average Bonchev–Trinajstić information content (AvgIpc) is 2.49. The monoisotopic (exact) mass is 408 g/mol. The number of nitrogens with two attached hydrogens (primary N) is 1. The molecule has 2 rings (SSSR count). The van der Waals surface area contributed by atoms with Crippen molar-refractivity contribution in [3.05, 3.63) is 37.2 Å². The number of methoxy groups -OCH3 is 1. The van der Waals surface area contributed by atoms with Crippen LogP contribution in [0.15, 0.2) is 16.9 Å². The maximum Gasteiger partial charge on any atom is 0.268 e. The van der Waals surface area contributed by atoms with Gasteiger partial charge in [0.1, 0.15) is 29.1 Å². The lowest BCUT2D eigenvalue weighted by Gasteiger charge is -2.13. The third-order valence-corrected chi connectivity index (χ3v) is 4.13. The number of aromatic amines is 1. The number of nitriles is 2. The number of hydrogen-bond acceptors (Lipinski definition) is 6. The fraction of sp³-hybridized carbons (Fsp3) is 0.0714. The molecule has 0 spiro atoms. The van der Waals surface area contributed by atoms with Crippen molar-refractivity contribution in [2.24, 2.45) is 0 Å². The number of phenols is 1. The summed E-state index contributed by atoms with van der Waals surface area (Å²) in [5.41, 5.74) is 5.14. The summed E-state index contributed by atoms with van der Waals surface area (Å²) in [5.74, 6) is -0.0391. The van der Waals surface area contributed by atoms with Gasteiger partial charge in [-0.2, -0.15) is 10.5 Å². The molecule has 4 N–H and O–H groups in total. The van der Waals surface area contributed by atoms with Gasteiger partial charge < -0.3 is 20.6 Å². The van der Waals surface area contributed by atoms with Crippen LogP contribution in [0.5, 0.6) is 11.5 Å². The largest absolute Gasteiger partial charge is 0.504 e. The van der Waals surface area contributed by atoms with E-state index in [0.717, 1.165) is 0 Å². The molecule has 0 fully saturated rings. The van der Waals surface area contributed by atoms with Crippen LogP contribution in [-0.2, 0) is 0 Å². The molecule has 1 aromatic carbocycles. The first-order valence-electron chi connectivity index (χ1n) is 5.88. The number of phenolic OH excluding ortho intramolecular Hbond substituents is 1. The normalized spacial score (nSPS) is 9.82. The molecule has 110 valence electrons. The van der Waals surface area contributed by atoms with E-state index in [9.17, 15) is 20.4 Å². The second-order valence-electron chi connectivity index (χ2n) is 4.19. The van der Waals surface area contributed by atoms with Crippen molar-refractivity contribution in [1.29, 1.82) is 10.5 Å². The number of nitrogens with one attached hydrogen (secondary N) is 1. The Hall–Kier alpha value is -2.72. The van der Waals surface area contributed by atoms with Gasteiger partial charge in [0, 0.05) is 11.1 Å². The minimum absolute atomic E-state index is 0.0290. The lowest BCUT2D eigenvalue weighted by atomic mass is 9.96. The molecule has 0 aliphatic rings. The Kier molecular flexibility index (Phi) is 4.24. The minimum atomic E-state index is -0.694. The number of pyridine rings is 1. The SMILES string of the molecule is COc1ccc(-c2c(C#N)c(N)[nH]c(=O)c2C#N)c(I)c1O. The first kappa shape index (κ1) is 15.7. The summed E-state index contributed by atoms with van der Waals surface area (Å²) in [6.07, 6.45) is 0. The summed E-state index contributed by atoms with van der Waals surface area (Å²) >= 11 is 1.84. The molecule has 2 aromatic rings. The third kappa shape index (κ3) is 2.34. The molecule has 0 aliphatic carbocycles. The van der Waals surface area contributed by atoms with E-state index >= 15 is 0 Å². The highest BCUT2D eigenvalue weighted by Crippen LogP contribution is 2.40. The zero-order valence-electron chi connectivity index (χ0n) is 11.3. The molecule has 0 amide bonds. The number of nitrogen functional groups attached to an aromatic ring is 1. The van der Waals surface area contributed by atoms with Crippen molar-refractivity contribution in [3.8, 4) is 34.8 Å². The Morgan fingerprint density at radius 3 is 2.50 bits per heavy atom. The molecular weight excluding hydrogens is 399 g/mol. The van der Waals surface area contributed by atoms with Crippen molar-refractivity contribution in [1.82, 2.24) is 4.98 Å². The maximum atomic E-state index is 11.9. The Bertz CT molecular complexity index is 906.